The molecule has 0 bridgehead atoms. The fourth-order valence-electron chi connectivity index (χ4n) is 4.87. The molecule has 10 heteroatoms. The highest BCUT2D eigenvalue weighted by atomic mass is 32.2. The number of thioether (sulfide) groups is 1. The molecular formula is C28H31F3N2O4S. The molecule has 2 atom stereocenters. The summed E-state index contributed by atoms with van der Waals surface area (Å²) in [5.74, 6) is 0.740. The highest BCUT2D eigenvalue weighted by molar-refractivity contribution is 8.04. The molecule has 1 saturated carbocycles. The van der Waals surface area contributed by atoms with Crippen LogP contribution in [-0.4, -0.2) is 55.3 Å². The summed E-state index contributed by atoms with van der Waals surface area (Å²) in [5.41, 5.74) is 0.755. The first kappa shape index (κ1) is 27.9. The standard InChI is InChI=1S/C28H31F3N2O4S/c1-36-22-12-9-19(15-23(22)37-2)13-14-32-26(34)17-33-21-5-3-4-6-24(21)38-25(27(33)35)16-18-7-10-20(11-8-18)28(29,30)31/h7-12,15-16,21,24H,3-6,13-14,17H2,1-2H3,(H,32,34)/b25-16-. The number of carbonyl (C=O) groups is 2. The molecule has 1 aliphatic heterocycles. The van der Waals surface area contributed by atoms with Crippen LogP contribution in [-0.2, 0) is 22.2 Å². The fourth-order valence-corrected chi connectivity index (χ4v) is 6.35. The number of nitrogens with one attached hydrogen (secondary N) is 1. The topological polar surface area (TPSA) is 67.9 Å². The van der Waals surface area contributed by atoms with E-state index in [-0.39, 0.29) is 29.7 Å². The van der Waals surface area contributed by atoms with Crippen molar-refractivity contribution in [1.82, 2.24) is 10.2 Å². The van der Waals surface area contributed by atoms with Crippen molar-refractivity contribution < 1.29 is 32.2 Å². The van der Waals surface area contributed by atoms with E-state index in [1.807, 2.05) is 18.2 Å². The summed E-state index contributed by atoms with van der Waals surface area (Å²) in [6.45, 7) is 0.338. The van der Waals surface area contributed by atoms with Gasteiger partial charge in [-0.25, -0.2) is 0 Å². The molecule has 38 heavy (non-hydrogen) atoms. The first-order valence-corrected chi connectivity index (χ1v) is 13.4. The van der Waals surface area contributed by atoms with E-state index >= 15 is 0 Å². The molecule has 2 aromatic rings. The normalized spacial score (nSPS) is 20.7. The second-order valence-electron chi connectivity index (χ2n) is 9.36. The summed E-state index contributed by atoms with van der Waals surface area (Å²) in [4.78, 5) is 28.4. The number of methoxy groups -OCH3 is 2. The molecule has 1 heterocycles. The van der Waals surface area contributed by atoms with Crippen LogP contribution in [0, 0.1) is 0 Å². The molecule has 2 unspecified atom stereocenters. The molecule has 204 valence electrons. The maximum atomic E-state index is 13.4. The van der Waals surface area contributed by atoms with Gasteiger partial charge in [-0.1, -0.05) is 31.0 Å². The first-order valence-electron chi connectivity index (χ1n) is 12.5. The number of halogens is 3. The van der Waals surface area contributed by atoms with Crippen LogP contribution in [0.5, 0.6) is 11.5 Å². The summed E-state index contributed by atoms with van der Waals surface area (Å²) in [7, 11) is 3.13. The van der Waals surface area contributed by atoms with E-state index in [9.17, 15) is 22.8 Å². The number of ether oxygens (including phenoxy) is 2. The minimum atomic E-state index is -4.42. The van der Waals surface area contributed by atoms with E-state index in [4.69, 9.17) is 9.47 Å². The molecule has 0 radical (unpaired) electrons. The minimum Gasteiger partial charge on any atom is -0.493 e. The Kier molecular flexibility index (Phi) is 8.91. The second-order valence-corrected chi connectivity index (χ2v) is 10.6. The van der Waals surface area contributed by atoms with Gasteiger partial charge in [-0.2, -0.15) is 13.2 Å². The molecule has 2 fully saturated rings. The lowest BCUT2D eigenvalue weighted by Gasteiger charge is -2.43. The predicted octanol–water partition coefficient (Wildman–Crippen LogP) is 5.31. The van der Waals surface area contributed by atoms with Gasteiger partial charge in [0.15, 0.2) is 11.5 Å². The quantitative estimate of drug-likeness (QED) is 0.453. The van der Waals surface area contributed by atoms with Crippen molar-refractivity contribution in [2.75, 3.05) is 27.3 Å². The molecule has 4 rings (SSSR count). The lowest BCUT2D eigenvalue weighted by atomic mass is 9.93. The van der Waals surface area contributed by atoms with Crippen LogP contribution in [0.25, 0.3) is 6.08 Å². The maximum Gasteiger partial charge on any atom is 0.416 e. The van der Waals surface area contributed by atoms with Gasteiger partial charge in [-0.05, 0) is 60.7 Å². The van der Waals surface area contributed by atoms with E-state index in [2.05, 4.69) is 5.32 Å². The lowest BCUT2D eigenvalue weighted by molar-refractivity contribution is -0.137. The maximum absolute atomic E-state index is 13.4. The molecule has 1 saturated heterocycles. The zero-order valence-corrected chi connectivity index (χ0v) is 22.2. The van der Waals surface area contributed by atoms with Crippen LogP contribution < -0.4 is 14.8 Å². The van der Waals surface area contributed by atoms with Crippen molar-refractivity contribution >= 4 is 29.7 Å². The molecule has 2 aromatic carbocycles. The number of benzene rings is 2. The van der Waals surface area contributed by atoms with Crippen molar-refractivity contribution in [3.8, 4) is 11.5 Å². The number of hydrogen-bond acceptors (Lipinski definition) is 5. The Balaban J connectivity index is 1.42. The van der Waals surface area contributed by atoms with E-state index in [0.29, 0.717) is 34.9 Å². The average Bonchev–Trinajstić information content (AvgIpc) is 2.90. The number of rotatable bonds is 8. The Morgan fingerprint density at radius 1 is 1.08 bits per heavy atom. The van der Waals surface area contributed by atoms with Crippen molar-refractivity contribution in [3.05, 3.63) is 64.1 Å². The SMILES string of the molecule is COc1ccc(CCNC(=O)CN2C(=O)/C(=C/c3ccc(C(F)(F)F)cc3)SC3CCCCC32)cc1OC. The Hall–Kier alpha value is -3.14. The molecule has 1 N–H and O–H groups in total. The second kappa shape index (κ2) is 12.1. The largest absolute Gasteiger partial charge is 0.493 e. The van der Waals surface area contributed by atoms with Crippen LogP contribution in [0.3, 0.4) is 0 Å². The third-order valence-electron chi connectivity index (χ3n) is 6.85. The number of nitrogens with zero attached hydrogens (tertiary/aromatic N) is 1. The Morgan fingerprint density at radius 3 is 2.47 bits per heavy atom. The Morgan fingerprint density at radius 2 is 1.79 bits per heavy atom. The average molecular weight is 549 g/mol. The van der Waals surface area contributed by atoms with Gasteiger partial charge < -0.3 is 19.7 Å². The number of amides is 2. The van der Waals surface area contributed by atoms with Gasteiger partial charge in [-0.15, -0.1) is 11.8 Å². The molecule has 1 aliphatic carbocycles. The molecule has 0 spiro atoms. The monoisotopic (exact) mass is 548 g/mol. The van der Waals surface area contributed by atoms with Gasteiger partial charge in [0.1, 0.15) is 6.54 Å². The molecule has 2 aliphatic rings. The van der Waals surface area contributed by atoms with Crippen molar-refractivity contribution in [2.45, 2.75) is 49.6 Å². The molecule has 2 amide bonds. The minimum absolute atomic E-state index is 0.0393. The summed E-state index contributed by atoms with van der Waals surface area (Å²) in [5, 5.41) is 3.06. The zero-order valence-electron chi connectivity index (χ0n) is 21.3. The van der Waals surface area contributed by atoms with Crippen LogP contribution in [0.1, 0.15) is 42.4 Å². The van der Waals surface area contributed by atoms with Crippen LogP contribution in [0.15, 0.2) is 47.4 Å². The summed E-state index contributed by atoms with van der Waals surface area (Å²) < 4.78 is 49.3. The van der Waals surface area contributed by atoms with Crippen LogP contribution >= 0.6 is 11.8 Å². The van der Waals surface area contributed by atoms with Crippen LogP contribution in [0.2, 0.25) is 0 Å². The fraction of sp³-hybridized carbons (Fsp3) is 0.429. The van der Waals surface area contributed by atoms with E-state index < -0.39 is 11.7 Å². The van der Waals surface area contributed by atoms with Crippen molar-refractivity contribution in [2.24, 2.45) is 0 Å². The summed E-state index contributed by atoms with van der Waals surface area (Å²) >= 11 is 1.47. The van der Waals surface area contributed by atoms with Gasteiger partial charge in [-0.3, -0.25) is 9.59 Å². The highest BCUT2D eigenvalue weighted by Gasteiger charge is 2.41. The first-order chi connectivity index (χ1) is 18.2. The van der Waals surface area contributed by atoms with Crippen LogP contribution in [0.4, 0.5) is 13.2 Å². The Labute approximate surface area is 224 Å². The third-order valence-corrected chi connectivity index (χ3v) is 8.25. The van der Waals surface area contributed by atoms with E-state index in [1.165, 1.54) is 23.9 Å². The molecular weight excluding hydrogens is 517 g/mol. The molecule has 6 nitrogen and oxygen atoms in total. The number of fused-ring (bicyclic) bond motifs is 1. The summed E-state index contributed by atoms with van der Waals surface area (Å²) in [6.07, 6.45) is 1.58. The predicted molar refractivity (Wildman–Crippen MR) is 141 cm³/mol. The third kappa shape index (κ3) is 6.64. The van der Waals surface area contributed by atoms with Gasteiger partial charge in [0, 0.05) is 17.8 Å². The van der Waals surface area contributed by atoms with E-state index in [1.54, 1.807) is 25.2 Å². The summed E-state index contributed by atoms with van der Waals surface area (Å²) in [6, 6.07) is 10.3. The lowest BCUT2D eigenvalue weighted by Crippen LogP contribution is -2.54. The van der Waals surface area contributed by atoms with Gasteiger partial charge in [0.2, 0.25) is 5.91 Å². The van der Waals surface area contributed by atoms with Gasteiger partial charge in [0.05, 0.1) is 24.7 Å². The zero-order chi connectivity index (χ0) is 27.3. The number of alkyl halides is 3. The highest BCUT2D eigenvalue weighted by Crippen LogP contribution is 2.42. The smallest absolute Gasteiger partial charge is 0.416 e. The van der Waals surface area contributed by atoms with E-state index in [0.717, 1.165) is 43.4 Å². The number of hydrogen-bond donors (Lipinski definition) is 1. The van der Waals surface area contributed by atoms with Crippen molar-refractivity contribution in [3.63, 3.8) is 0 Å². The van der Waals surface area contributed by atoms with Gasteiger partial charge in [0.25, 0.3) is 5.91 Å². The molecule has 0 aromatic heterocycles. The number of carbonyl (C=O) groups excluding carboxylic acids is 2. The van der Waals surface area contributed by atoms with Gasteiger partial charge >= 0.3 is 6.18 Å². The van der Waals surface area contributed by atoms with Crippen molar-refractivity contribution in [1.29, 1.82) is 0 Å². The Bertz CT molecular complexity index is 1180.